The zero-order valence-corrected chi connectivity index (χ0v) is 12.2. The summed E-state index contributed by atoms with van der Waals surface area (Å²) in [6.07, 6.45) is 0. The van der Waals surface area contributed by atoms with E-state index in [1.54, 1.807) is 6.07 Å². The standard InChI is InChI=1S/C15H19ClN4/c16-15-7-12(8-17)1-2-13(15)9-19-10-14(11-19)20-5-3-18-4-6-20/h1-2,7,14,18H,3-6,9-11H2. The molecule has 1 N–H and O–H groups in total. The molecule has 0 amide bonds. The van der Waals surface area contributed by atoms with Crippen LogP contribution in [0.15, 0.2) is 18.2 Å². The third kappa shape index (κ3) is 2.97. The molecule has 106 valence electrons. The number of hydrogen-bond acceptors (Lipinski definition) is 4. The quantitative estimate of drug-likeness (QED) is 0.911. The van der Waals surface area contributed by atoms with Crippen molar-refractivity contribution >= 4 is 11.6 Å². The van der Waals surface area contributed by atoms with Gasteiger partial charge in [-0.25, -0.2) is 0 Å². The first-order valence-corrected chi connectivity index (χ1v) is 7.50. The molecule has 1 aromatic carbocycles. The summed E-state index contributed by atoms with van der Waals surface area (Å²) in [5, 5.41) is 12.9. The summed E-state index contributed by atoms with van der Waals surface area (Å²) in [5.74, 6) is 0. The summed E-state index contributed by atoms with van der Waals surface area (Å²) in [5.41, 5.74) is 1.74. The maximum atomic E-state index is 8.84. The number of halogens is 1. The maximum Gasteiger partial charge on any atom is 0.0992 e. The van der Waals surface area contributed by atoms with Crippen LogP contribution in [-0.4, -0.2) is 55.1 Å². The van der Waals surface area contributed by atoms with E-state index in [1.807, 2.05) is 12.1 Å². The molecule has 20 heavy (non-hydrogen) atoms. The predicted octanol–water partition coefficient (Wildman–Crippen LogP) is 1.30. The van der Waals surface area contributed by atoms with E-state index in [1.165, 1.54) is 0 Å². The van der Waals surface area contributed by atoms with Crippen molar-refractivity contribution in [3.63, 3.8) is 0 Å². The number of nitrogens with one attached hydrogen (secondary N) is 1. The third-order valence-electron chi connectivity index (χ3n) is 4.18. The normalized spacial score (nSPS) is 21.4. The SMILES string of the molecule is N#Cc1ccc(CN2CC(N3CCNCC3)C2)c(Cl)c1. The van der Waals surface area contributed by atoms with Crippen LogP contribution in [0, 0.1) is 11.3 Å². The molecule has 0 aromatic heterocycles. The molecule has 0 saturated carbocycles. The van der Waals surface area contributed by atoms with Gasteiger partial charge in [0.05, 0.1) is 11.6 Å². The molecule has 0 unspecified atom stereocenters. The fraction of sp³-hybridized carbons (Fsp3) is 0.533. The minimum absolute atomic E-state index is 0.626. The minimum Gasteiger partial charge on any atom is -0.314 e. The van der Waals surface area contributed by atoms with Crippen LogP contribution >= 0.6 is 11.6 Å². The lowest BCUT2D eigenvalue weighted by molar-refractivity contribution is 0.0223. The van der Waals surface area contributed by atoms with E-state index in [2.05, 4.69) is 21.2 Å². The Kier molecular flexibility index (Phi) is 4.23. The van der Waals surface area contributed by atoms with E-state index in [0.717, 1.165) is 51.4 Å². The topological polar surface area (TPSA) is 42.3 Å². The summed E-state index contributed by atoms with van der Waals surface area (Å²) in [6.45, 7) is 7.67. The fourth-order valence-electron chi connectivity index (χ4n) is 2.94. The van der Waals surface area contributed by atoms with Crippen molar-refractivity contribution in [1.29, 1.82) is 5.26 Å². The summed E-state index contributed by atoms with van der Waals surface area (Å²) in [6, 6.07) is 8.39. The average Bonchev–Trinajstić information content (AvgIpc) is 2.44. The number of nitriles is 1. The van der Waals surface area contributed by atoms with Crippen LogP contribution in [0.2, 0.25) is 5.02 Å². The summed E-state index contributed by atoms with van der Waals surface area (Å²) >= 11 is 6.22. The van der Waals surface area contributed by atoms with Crippen LogP contribution in [0.4, 0.5) is 0 Å². The van der Waals surface area contributed by atoms with Crippen molar-refractivity contribution in [3.05, 3.63) is 34.3 Å². The van der Waals surface area contributed by atoms with Crippen LogP contribution in [-0.2, 0) is 6.54 Å². The molecule has 2 heterocycles. The Morgan fingerprint density at radius 1 is 1.30 bits per heavy atom. The second kappa shape index (κ2) is 6.11. The highest BCUT2D eigenvalue weighted by Gasteiger charge is 2.32. The van der Waals surface area contributed by atoms with Gasteiger partial charge in [-0.15, -0.1) is 0 Å². The molecule has 0 aliphatic carbocycles. The molecule has 2 aliphatic rings. The second-order valence-corrected chi connectivity index (χ2v) is 5.96. The molecule has 2 aliphatic heterocycles. The number of piperazine rings is 1. The maximum absolute atomic E-state index is 8.84. The summed E-state index contributed by atoms with van der Waals surface area (Å²) in [4.78, 5) is 4.99. The molecule has 0 atom stereocenters. The van der Waals surface area contributed by atoms with Gasteiger partial charge in [0.2, 0.25) is 0 Å². The first-order chi connectivity index (χ1) is 9.76. The Balaban J connectivity index is 1.52. The van der Waals surface area contributed by atoms with Gasteiger partial charge in [0, 0.05) is 56.9 Å². The van der Waals surface area contributed by atoms with Gasteiger partial charge in [0.25, 0.3) is 0 Å². The molecule has 2 fully saturated rings. The number of likely N-dealkylation sites (tertiary alicyclic amines) is 1. The molecule has 4 nitrogen and oxygen atoms in total. The van der Waals surface area contributed by atoms with E-state index >= 15 is 0 Å². The van der Waals surface area contributed by atoms with Gasteiger partial charge in [-0.2, -0.15) is 5.26 Å². The highest BCUT2D eigenvalue weighted by atomic mass is 35.5. The van der Waals surface area contributed by atoms with Crippen LogP contribution in [0.5, 0.6) is 0 Å². The highest BCUT2D eigenvalue weighted by molar-refractivity contribution is 6.31. The van der Waals surface area contributed by atoms with Gasteiger partial charge in [0.1, 0.15) is 0 Å². The van der Waals surface area contributed by atoms with Gasteiger partial charge in [-0.3, -0.25) is 9.80 Å². The van der Waals surface area contributed by atoms with Crippen LogP contribution in [0.3, 0.4) is 0 Å². The molecule has 0 bridgehead atoms. The molecule has 0 spiro atoms. The number of nitrogens with zero attached hydrogens (tertiary/aromatic N) is 3. The van der Waals surface area contributed by atoms with Crippen molar-refractivity contribution in [2.24, 2.45) is 0 Å². The Morgan fingerprint density at radius 2 is 2.05 bits per heavy atom. The third-order valence-corrected chi connectivity index (χ3v) is 4.53. The predicted molar refractivity (Wildman–Crippen MR) is 79.7 cm³/mol. The Hall–Kier alpha value is -1.12. The zero-order chi connectivity index (χ0) is 13.9. The average molecular weight is 291 g/mol. The molecule has 5 heteroatoms. The van der Waals surface area contributed by atoms with Crippen LogP contribution in [0.1, 0.15) is 11.1 Å². The zero-order valence-electron chi connectivity index (χ0n) is 11.5. The van der Waals surface area contributed by atoms with Crippen molar-refractivity contribution in [2.45, 2.75) is 12.6 Å². The van der Waals surface area contributed by atoms with Crippen molar-refractivity contribution in [1.82, 2.24) is 15.1 Å². The van der Waals surface area contributed by atoms with E-state index in [4.69, 9.17) is 16.9 Å². The Labute approximate surface area is 124 Å². The number of benzene rings is 1. The van der Waals surface area contributed by atoms with Crippen molar-refractivity contribution < 1.29 is 0 Å². The van der Waals surface area contributed by atoms with Crippen LogP contribution < -0.4 is 5.32 Å². The van der Waals surface area contributed by atoms with E-state index in [9.17, 15) is 0 Å². The number of hydrogen-bond donors (Lipinski definition) is 1. The Morgan fingerprint density at radius 3 is 2.70 bits per heavy atom. The monoisotopic (exact) mass is 290 g/mol. The van der Waals surface area contributed by atoms with Gasteiger partial charge < -0.3 is 5.32 Å². The van der Waals surface area contributed by atoms with Gasteiger partial charge in [-0.1, -0.05) is 17.7 Å². The molecular formula is C15H19ClN4. The highest BCUT2D eigenvalue weighted by Crippen LogP contribution is 2.23. The van der Waals surface area contributed by atoms with Gasteiger partial charge >= 0.3 is 0 Å². The smallest absolute Gasteiger partial charge is 0.0992 e. The summed E-state index contributed by atoms with van der Waals surface area (Å²) in [7, 11) is 0. The first-order valence-electron chi connectivity index (χ1n) is 7.12. The molecule has 2 saturated heterocycles. The van der Waals surface area contributed by atoms with Gasteiger partial charge in [-0.05, 0) is 17.7 Å². The largest absolute Gasteiger partial charge is 0.314 e. The van der Waals surface area contributed by atoms with Crippen LogP contribution in [0.25, 0.3) is 0 Å². The molecule has 1 aromatic rings. The lowest BCUT2D eigenvalue weighted by Gasteiger charge is -2.47. The van der Waals surface area contributed by atoms with E-state index in [0.29, 0.717) is 16.6 Å². The summed E-state index contributed by atoms with van der Waals surface area (Å²) < 4.78 is 0. The number of rotatable bonds is 3. The van der Waals surface area contributed by atoms with E-state index < -0.39 is 0 Å². The van der Waals surface area contributed by atoms with Gasteiger partial charge in [0.15, 0.2) is 0 Å². The van der Waals surface area contributed by atoms with E-state index in [-0.39, 0.29) is 0 Å². The van der Waals surface area contributed by atoms with Crippen molar-refractivity contribution in [2.75, 3.05) is 39.3 Å². The molecule has 3 rings (SSSR count). The molecule has 0 radical (unpaired) electrons. The minimum atomic E-state index is 0.626. The first kappa shape index (κ1) is 13.8. The molecular weight excluding hydrogens is 272 g/mol. The van der Waals surface area contributed by atoms with Crippen molar-refractivity contribution in [3.8, 4) is 6.07 Å². The lowest BCUT2D eigenvalue weighted by atomic mass is 10.0. The lowest BCUT2D eigenvalue weighted by Crippen LogP contribution is -2.62. The second-order valence-electron chi connectivity index (χ2n) is 5.55. The Bertz CT molecular complexity index is 513. The fourth-order valence-corrected chi connectivity index (χ4v) is 3.18.